The first-order valence-electron chi connectivity index (χ1n) is 9.67. The number of benzene rings is 2. The molecule has 3 aromatic rings. The Morgan fingerprint density at radius 3 is 2.52 bits per heavy atom. The smallest absolute Gasteiger partial charge is 0.253 e. The van der Waals surface area contributed by atoms with Gasteiger partial charge in [0.15, 0.2) is 0 Å². The average Bonchev–Trinajstić information content (AvgIpc) is 2.95. The Hall–Kier alpha value is -2.59. The van der Waals surface area contributed by atoms with Crippen LogP contribution in [0.5, 0.6) is 0 Å². The van der Waals surface area contributed by atoms with Gasteiger partial charge in [0, 0.05) is 54.9 Å². The predicted molar refractivity (Wildman–Crippen MR) is 110 cm³/mol. The van der Waals surface area contributed by atoms with Gasteiger partial charge < -0.3 is 9.88 Å². The predicted octanol–water partition coefficient (Wildman–Crippen LogP) is 4.05. The van der Waals surface area contributed by atoms with Crippen molar-refractivity contribution in [3.8, 4) is 0 Å². The molecular formula is C23H27N3O. The minimum Gasteiger partial charge on any atom is -0.358 e. The zero-order chi connectivity index (χ0) is 19.0. The summed E-state index contributed by atoms with van der Waals surface area (Å²) in [5.41, 5.74) is 6.92. The maximum atomic E-state index is 13.0. The van der Waals surface area contributed by atoms with E-state index < -0.39 is 0 Å². The Morgan fingerprint density at radius 1 is 1.00 bits per heavy atom. The summed E-state index contributed by atoms with van der Waals surface area (Å²) in [7, 11) is 0. The van der Waals surface area contributed by atoms with E-state index in [9.17, 15) is 4.79 Å². The minimum atomic E-state index is 0.144. The number of aromatic amines is 1. The van der Waals surface area contributed by atoms with Crippen LogP contribution in [0.3, 0.4) is 0 Å². The van der Waals surface area contributed by atoms with Crippen molar-refractivity contribution < 1.29 is 4.79 Å². The Labute approximate surface area is 160 Å². The standard InChI is InChI=1S/C23H27N3O/c1-16-5-4-6-19(13-16)15-25-9-11-26(12-10-25)23(27)20-7-8-22-21(14-20)17(2)18(3)24-22/h4-8,13-14,24H,9-12,15H2,1-3H3. The van der Waals surface area contributed by atoms with Crippen LogP contribution in [-0.2, 0) is 6.54 Å². The Balaban J connectivity index is 1.42. The number of amides is 1. The lowest BCUT2D eigenvalue weighted by Crippen LogP contribution is -2.48. The van der Waals surface area contributed by atoms with Crippen molar-refractivity contribution in [2.45, 2.75) is 27.3 Å². The van der Waals surface area contributed by atoms with Crippen LogP contribution in [0.1, 0.15) is 32.7 Å². The van der Waals surface area contributed by atoms with Crippen molar-refractivity contribution in [1.29, 1.82) is 0 Å². The van der Waals surface area contributed by atoms with Gasteiger partial charge in [0.05, 0.1) is 0 Å². The number of fused-ring (bicyclic) bond motifs is 1. The quantitative estimate of drug-likeness (QED) is 0.764. The highest BCUT2D eigenvalue weighted by atomic mass is 16.2. The summed E-state index contributed by atoms with van der Waals surface area (Å²) in [4.78, 5) is 20.8. The van der Waals surface area contributed by atoms with Gasteiger partial charge in [0.1, 0.15) is 0 Å². The molecule has 0 aliphatic carbocycles. The summed E-state index contributed by atoms with van der Waals surface area (Å²) >= 11 is 0. The summed E-state index contributed by atoms with van der Waals surface area (Å²) in [5.74, 6) is 0.144. The van der Waals surface area contributed by atoms with Gasteiger partial charge in [0.2, 0.25) is 0 Å². The van der Waals surface area contributed by atoms with E-state index >= 15 is 0 Å². The van der Waals surface area contributed by atoms with Crippen LogP contribution in [0.2, 0.25) is 0 Å². The highest BCUT2D eigenvalue weighted by molar-refractivity contribution is 5.99. The third kappa shape index (κ3) is 3.62. The van der Waals surface area contributed by atoms with Crippen LogP contribution in [0.25, 0.3) is 10.9 Å². The van der Waals surface area contributed by atoms with Crippen LogP contribution in [0.4, 0.5) is 0 Å². The Bertz CT molecular complexity index is 980. The van der Waals surface area contributed by atoms with Gasteiger partial charge in [-0.05, 0) is 50.1 Å². The first-order chi connectivity index (χ1) is 13.0. The number of aromatic nitrogens is 1. The van der Waals surface area contributed by atoms with E-state index in [4.69, 9.17) is 0 Å². The number of H-pyrrole nitrogens is 1. The van der Waals surface area contributed by atoms with E-state index in [0.29, 0.717) is 0 Å². The maximum absolute atomic E-state index is 13.0. The molecule has 4 nitrogen and oxygen atoms in total. The molecule has 4 heteroatoms. The van der Waals surface area contributed by atoms with Gasteiger partial charge in [-0.15, -0.1) is 0 Å². The number of carbonyl (C=O) groups excluding carboxylic acids is 1. The molecule has 0 radical (unpaired) electrons. The summed E-state index contributed by atoms with van der Waals surface area (Å²) in [6.45, 7) is 10.7. The summed E-state index contributed by atoms with van der Waals surface area (Å²) < 4.78 is 0. The SMILES string of the molecule is Cc1cccc(CN2CCN(C(=O)c3ccc4[nH]c(C)c(C)c4c3)CC2)c1. The fourth-order valence-electron chi connectivity index (χ4n) is 3.95. The van der Waals surface area contributed by atoms with Gasteiger partial charge in [-0.25, -0.2) is 0 Å². The van der Waals surface area contributed by atoms with Crippen LogP contribution in [0, 0.1) is 20.8 Å². The zero-order valence-corrected chi connectivity index (χ0v) is 16.4. The number of aryl methyl sites for hydroxylation is 3. The van der Waals surface area contributed by atoms with Crippen molar-refractivity contribution in [2.75, 3.05) is 26.2 Å². The second-order valence-electron chi connectivity index (χ2n) is 7.69. The summed E-state index contributed by atoms with van der Waals surface area (Å²) in [6, 6.07) is 14.7. The number of hydrogen-bond donors (Lipinski definition) is 1. The molecule has 1 amide bonds. The van der Waals surface area contributed by atoms with Crippen LogP contribution < -0.4 is 0 Å². The Morgan fingerprint density at radius 2 is 1.78 bits per heavy atom. The number of hydrogen-bond acceptors (Lipinski definition) is 2. The van der Waals surface area contributed by atoms with E-state index in [2.05, 4.69) is 54.9 Å². The molecule has 0 atom stereocenters. The van der Waals surface area contributed by atoms with Gasteiger partial charge in [-0.1, -0.05) is 29.8 Å². The number of nitrogens with one attached hydrogen (secondary N) is 1. The molecule has 140 valence electrons. The molecule has 1 aliphatic heterocycles. The van der Waals surface area contributed by atoms with E-state index in [1.54, 1.807) is 0 Å². The first kappa shape index (κ1) is 17.8. The van der Waals surface area contributed by atoms with Crippen molar-refractivity contribution >= 4 is 16.8 Å². The van der Waals surface area contributed by atoms with Gasteiger partial charge in [-0.2, -0.15) is 0 Å². The van der Waals surface area contributed by atoms with Gasteiger partial charge in [0.25, 0.3) is 5.91 Å². The molecule has 1 aliphatic rings. The molecule has 0 spiro atoms. The lowest BCUT2D eigenvalue weighted by molar-refractivity contribution is 0.0628. The number of nitrogens with zero attached hydrogens (tertiary/aromatic N) is 2. The first-order valence-corrected chi connectivity index (χ1v) is 9.67. The van der Waals surface area contributed by atoms with Crippen LogP contribution >= 0.6 is 0 Å². The molecule has 0 saturated carbocycles. The molecule has 27 heavy (non-hydrogen) atoms. The molecule has 2 heterocycles. The number of carbonyl (C=O) groups is 1. The van der Waals surface area contributed by atoms with Crippen LogP contribution in [0.15, 0.2) is 42.5 Å². The molecule has 1 aromatic heterocycles. The average molecular weight is 361 g/mol. The molecule has 4 rings (SSSR count). The minimum absolute atomic E-state index is 0.144. The second kappa shape index (κ2) is 7.20. The topological polar surface area (TPSA) is 39.3 Å². The molecule has 2 aromatic carbocycles. The highest BCUT2D eigenvalue weighted by Gasteiger charge is 2.22. The highest BCUT2D eigenvalue weighted by Crippen LogP contribution is 2.23. The second-order valence-corrected chi connectivity index (χ2v) is 7.69. The van der Waals surface area contributed by atoms with E-state index in [0.717, 1.165) is 49.2 Å². The van der Waals surface area contributed by atoms with E-state index in [1.165, 1.54) is 22.4 Å². The summed E-state index contributed by atoms with van der Waals surface area (Å²) in [6.07, 6.45) is 0. The third-order valence-corrected chi connectivity index (χ3v) is 5.70. The fraction of sp³-hybridized carbons (Fsp3) is 0.348. The van der Waals surface area contributed by atoms with Crippen LogP contribution in [-0.4, -0.2) is 46.9 Å². The molecular weight excluding hydrogens is 334 g/mol. The number of piperazine rings is 1. The van der Waals surface area contributed by atoms with Crippen molar-refractivity contribution in [3.05, 3.63) is 70.4 Å². The number of rotatable bonds is 3. The lowest BCUT2D eigenvalue weighted by Gasteiger charge is -2.34. The largest absolute Gasteiger partial charge is 0.358 e. The lowest BCUT2D eigenvalue weighted by atomic mass is 10.1. The fourth-order valence-corrected chi connectivity index (χ4v) is 3.95. The normalized spacial score (nSPS) is 15.4. The van der Waals surface area contributed by atoms with E-state index in [-0.39, 0.29) is 5.91 Å². The zero-order valence-electron chi connectivity index (χ0n) is 16.4. The maximum Gasteiger partial charge on any atom is 0.253 e. The van der Waals surface area contributed by atoms with Crippen molar-refractivity contribution in [2.24, 2.45) is 0 Å². The van der Waals surface area contributed by atoms with Gasteiger partial charge in [-0.3, -0.25) is 9.69 Å². The van der Waals surface area contributed by atoms with E-state index in [1.807, 2.05) is 23.1 Å². The third-order valence-electron chi connectivity index (χ3n) is 5.70. The molecule has 1 fully saturated rings. The molecule has 1 saturated heterocycles. The molecule has 0 unspecified atom stereocenters. The molecule has 0 bridgehead atoms. The summed E-state index contributed by atoms with van der Waals surface area (Å²) in [5, 5.41) is 1.15. The van der Waals surface area contributed by atoms with Crippen molar-refractivity contribution in [1.82, 2.24) is 14.8 Å². The van der Waals surface area contributed by atoms with Crippen molar-refractivity contribution in [3.63, 3.8) is 0 Å². The van der Waals surface area contributed by atoms with Gasteiger partial charge >= 0.3 is 0 Å². The monoisotopic (exact) mass is 361 g/mol. The Kier molecular flexibility index (Phi) is 4.75. The molecule has 1 N–H and O–H groups in total.